The average Bonchev–Trinajstić information content (AvgIpc) is 3.07. The Morgan fingerprint density at radius 2 is 1.88 bits per heavy atom. The second-order valence-corrected chi connectivity index (χ2v) is 10.8. The summed E-state index contributed by atoms with van der Waals surface area (Å²) in [6, 6.07) is 14.1. The zero-order valence-electron chi connectivity index (χ0n) is 17.9. The molecule has 4 nitrogen and oxygen atoms in total. The lowest BCUT2D eigenvalue weighted by molar-refractivity contribution is -0.116. The number of fused-ring (bicyclic) bond motifs is 1. The van der Waals surface area contributed by atoms with E-state index in [1.807, 2.05) is 19.1 Å². The summed E-state index contributed by atoms with van der Waals surface area (Å²) in [5, 5.41) is 0.942. The fourth-order valence-corrected chi connectivity index (χ4v) is 6.67. The van der Waals surface area contributed by atoms with Crippen LogP contribution in [-0.4, -0.2) is 29.6 Å². The molecule has 0 amide bonds. The minimum absolute atomic E-state index is 0.0706. The Morgan fingerprint density at radius 1 is 1.12 bits per heavy atom. The molecule has 0 radical (unpaired) electrons. The first-order valence-electron chi connectivity index (χ1n) is 10.9. The number of thioether (sulfide) groups is 1. The lowest BCUT2D eigenvalue weighted by Gasteiger charge is -2.44. The summed E-state index contributed by atoms with van der Waals surface area (Å²) >= 11 is 13.8. The molecule has 3 aliphatic rings. The molecular formula is C25H25Cl2N3OS. The number of piperidine rings is 1. The van der Waals surface area contributed by atoms with Gasteiger partial charge in [-0.15, -0.1) is 0 Å². The van der Waals surface area contributed by atoms with Crippen molar-refractivity contribution >= 4 is 46.6 Å². The lowest BCUT2D eigenvalue weighted by Crippen LogP contribution is -2.49. The highest BCUT2D eigenvalue weighted by atomic mass is 35.5. The second-order valence-electron chi connectivity index (χ2n) is 8.92. The molecule has 2 N–H and O–H groups in total. The van der Waals surface area contributed by atoms with Crippen molar-refractivity contribution in [1.82, 2.24) is 4.90 Å². The number of aliphatic imine (C=N–C) groups is 1. The molecular weight excluding hydrogens is 461 g/mol. The maximum atomic E-state index is 13.1. The van der Waals surface area contributed by atoms with Crippen LogP contribution in [0.2, 0.25) is 10.0 Å². The number of nitrogens with zero attached hydrogens (tertiary/aromatic N) is 2. The summed E-state index contributed by atoms with van der Waals surface area (Å²) in [6.45, 7) is 3.68. The smallest absolute Gasteiger partial charge is 0.181 e. The summed E-state index contributed by atoms with van der Waals surface area (Å²) in [5.74, 6) is 0.640. The number of Topliss-reactive ketones (excluding diaryl/α,β-unsaturated/α-hetero) is 1. The molecule has 166 valence electrons. The summed E-state index contributed by atoms with van der Waals surface area (Å²) < 4.78 is 0. The Balaban J connectivity index is 1.31. The number of hydrogen-bond donors (Lipinski definition) is 1. The van der Waals surface area contributed by atoms with Crippen molar-refractivity contribution in [3.63, 3.8) is 0 Å². The number of carbonyl (C=O) groups excluding carboxylic acids is 1. The van der Waals surface area contributed by atoms with Gasteiger partial charge in [0.05, 0.1) is 20.9 Å². The van der Waals surface area contributed by atoms with Crippen LogP contribution in [0.5, 0.6) is 0 Å². The topological polar surface area (TPSA) is 58.7 Å². The summed E-state index contributed by atoms with van der Waals surface area (Å²) in [6.07, 6.45) is 4.74. The van der Waals surface area contributed by atoms with Crippen molar-refractivity contribution in [2.75, 3.05) is 13.1 Å². The molecule has 2 atom stereocenters. The van der Waals surface area contributed by atoms with Crippen LogP contribution in [0, 0.1) is 11.3 Å². The highest BCUT2D eigenvalue weighted by Crippen LogP contribution is 2.51. The van der Waals surface area contributed by atoms with Gasteiger partial charge in [0.1, 0.15) is 5.84 Å². The Morgan fingerprint density at radius 3 is 2.62 bits per heavy atom. The van der Waals surface area contributed by atoms with E-state index >= 15 is 0 Å². The van der Waals surface area contributed by atoms with Gasteiger partial charge in [0.25, 0.3) is 0 Å². The first kappa shape index (κ1) is 22.0. The fraction of sp³-hybridized carbons (Fsp3) is 0.360. The van der Waals surface area contributed by atoms with Crippen LogP contribution in [0.4, 0.5) is 0 Å². The molecule has 32 heavy (non-hydrogen) atoms. The van der Waals surface area contributed by atoms with Crippen LogP contribution in [0.15, 0.2) is 63.5 Å². The number of benzene rings is 2. The van der Waals surface area contributed by atoms with Crippen LogP contribution in [-0.2, 0) is 11.2 Å². The Hall–Kier alpha value is -1.79. The third-order valence-electron chi connectivity index (χ3n) is 7.15. The predicted octanol–water partition coefficient (Wildman–Crippen LogP) is 5.88. The number of likely N-dealkylation sites (tertiary alicyclic amines) is 1. The number of ketones is 1. The van der Waals surface area contributed by atoms with Crippen molar-refractivity contribution < 1.29 is 4.79 Å². The molecule has 7 heteroatoms. The van der Waals surface area contributed by atoms with Gasteiger partial charge in [-0.05, 0) is 54.9 Å². The maximum absolute atomic E-state index is 13.1. The highest BCUT2D eigenvalue weighted by Gasteiger charge is 2.46. The van der Waals surface area contributed by atoms with E-state index in [1.165, 1.54) is 22.9 Å². The quantitative estimate of drug-likeness (QED) is 0.576. The molecule has 2 heterocycles. The molecule has 2 aromatic rings. The normalized spacial score (nSPS) is 24.4. The monoisotopic (exact) mass is 485 g/mol. The van der Waals surface area contributed by atoms with Gasteiger partial charge in [-0.3, -0.25) is 4.79 Å². The number of carbonyl (C=O) groups is 1. The van der Waals surface area contributed by atoms with E-state index in [0.717, 1.165) is 43.1 Å². The number of halogens is 2. The summed E-state index contributed by atoms with van der Waals surface area (Å²) in [4.78, 5) is 21.5. The van der Waals surface area contributed by atoms with E-state index in [0.29, 0.717) is 15.0 Å². The molecule has 2 aromatic carbocycles. The molecule has 1 fully saturated rings. The van der Waals surface area contributed by atoms with E-state index in [9.17, 15) is 4.79 Å². The van der Waals surface area contributed by atoms with Crippen LogP contribution in [0.1, 0.15) is 36.9 Å². The molecule has 0 bridgehead atoms. The van der Waals surface area contributed by atoms with Gasteiger partial charge < -0.3 is 10.6 Å². The second kappa shape index (κ2) is 8.53. The highest BCUT2D eigenvalue weighted by molar-refractivity contribution is 8.04. The van der Waals surface area contributed by atoms with Crippen molar-refractivity contribution in [3.05, 3.63) is 74.7 Å². The summed E-state index contributed by atoms with van der Waals surface area (Å²) in [5.41, 5.74) is 9.50. The lowest BCUT2D eigenvalue weighted by atomic mass is 9.73. The molecule has 2 aliphatic heterocycles. The number of allylic oxidation sites excluding steroid dienone is 1. The van der Waals surface area contributed by atoms with Crippen LogP contribution < -0.4 is 5.73 Å². The Kier molecular flexibility index (Phi) is 5.87. The maximum Gasteiger partial charge on any atom is 0.181 e. The predicted molar refractivity (Wildman–Crippen MR) is 132 cm³/mol. The van der Waals surface area contributed by atoms with Gasteiger partial charge >= 0.3 is 0 Å². The number of amidine groups is 1. The molecule has 5 rings (SSSR count). The minimum Gasteiger partial charge on any atom is -0.359 e. The summed E-state index contributed by atoms with van der Waals surface area (Å²) in [7, 11) is 0. The van der Waals surface area contributed by atoms with Crippen LogP contribution in [0.25, 0.3) is 0 Å². The van der Waals surface area contributed by atoms with E-state index in [4.69, 9.17) is 33.9 Å². The van der Waals surface area contributed by atoms with Crippen molar-refractivity contribution in [2.45, 2.75) is 37.1 Å². The fourth-order valence-electron chi connectivity index (χ4n) is 5.23. The number of hydrogen-bond acceptors (Lipinski definition) is 5. The van der Waals surface area contributed by atoms with Gasteiger partial charge in [-0.2, -0.15) is 0 Å². The largest absolute Gasteiger partial charge is 0.359 e. The van der Waals surface area contributed by atoms with Gasteiger partial charge in [0.2, 0.25) is 0 Å². The van der Waals surface area contributed by atoms with Gasteiger partial charge in [-0.1, -0.05) is 65.3 Å². The van der Waals surface area contributed by atoms with Gasteiger partial charge in [-0.25, -0.2) is 4.99 Å². The Labute approximate surface area is 202 Å². The van der Waals surface area contributed by atoms with E-state index < -0.39 is 0 Å². The van der Waals surface area contributed by atoms with E-state index in [1.54, 1.807) is 12.3 Å². The van der Waals surface area contributed by atoms with Gasteiger partial charge in [0, 0.05) is 30.2 Å². The van der Waals surface area contributed by atoms with Gasteiger partial charge in [0.15, 0.2) is 5.78 Å². The minimum atomic E-state index is -0.288. The van der Waals surface area contributed by atoms with Crippen LogP contribution in [0.3, 0.4) is 0 Å². The SMILES string of the molecule is C[C@@H]1C(=O)C(Sc2cccc(Cl)c2Cl)=CN=C1N1CCC2(CC1)Cc1ccccc1C2N. The first-order chi connectivity index (χ1) is 15.4. The molecule has 0 aromatic heterocycles. The number of nitrogens with two attached hydrogens (primary N) is 1. The molecule has 1 saturated heterocycles. The van der Waals surface area contributed by atoms with E-state index in [2.05, 4.69) is 29.2 Å². The zero-order valence-corrected chi connectivity index (χ0v) is 20.2. The van der Waals surface area contributed by atoms with Crippen LogP contribution >= 0.6 is 35.0 Å². The Bertz CT molecular complexity index is 1140. The molecule has 1 spiro atoms. The molecule has 1 unspecified atom stereocenters. The first-order valence-corrected chi connectivity index (χ1v) is 12.5. The average molecular weight is 486 g/mol. The zero-order chi connectivity index (χ0) is 22.5. The van der Waals surface area contributed by atoms with E-state index in [-0.39, 0.29) is 23.2 Å². The van der Waals surface area contributed by atoms with Crippen molar-refractivity contribution in [3.8, 4) is 0 Å². The standard InChI is InChI=1S/C25H25Cl2N3OS/c1-15-22(31)20(32-19-8-4-7-18(26)21(19)27)14-29-24(15)30-11-9-25(10-12-30)13-16-5-2-3-6-17(16)23(25)28/h2-8,14-15,23H,9-13,28H2,1H3/t15-,23?/m1/s1. The number of rotatable bonds is 2. The third-order valence-corrected chi connectivity index (χ3v) is 9.17. The van der Waals surface area contributed by atoms with Crippen molar-refractivity contribution in [1.29, 1.82) is 0 Å². The van der Waals surface area contributed by atoms with Crippen molar-refractivity contribution in [2.24, 2.45) is 22.1 Å². The molecule has 1 aliphatic carbocycles. The third kappa shape index (κ3) is 3.69. The molecule has 0 saturated carbocycles.